The fourth-order valence-corrected chi connectivity index (χ4v) is 3.43. The van der Waals surface area contributed by atoms with Crippen LogP contribution in [0, 0.1) is 6.92 Å². The molecule has 0 saturated heterocycles. The van der Waals surface area contributed by atoms with Crippen LogP contribution >= 0.6 is 11.8 Å². The van der Waals surface area contributed by atoms with Crippen LogP contribution in [0.3, 0.4) is 0 Å². The summed E-state index contributed by atoms with van der Waals surface area (Å²) < 4.78 is 0. The van der Waals surface area contributed by atoms with Crippen molar-refractivity contribution in [3.8, 4) is 0 Å². The average molecular weight is 251 g/mol. The van der Waals surface area contributed by atoms with Gasteiger partial charge in [-0.1, -0.05) is 19.3 Å². The van der Waals surface area contributed by atoms with Crippen LogP contribution in [0.25, 0.3) is 0 Å². The molecule has 0 radical (unpaired) electrons. The lowest BCUT2D eigenvalue weighted by atomic mass is 10.0. The van der Waals surface area contributed by atoms with Crippen molar-refractivity contribution < 1.29 is 0 Å². The Morgan fingerprint density at radius 1 is 1.29 bits per heavy atom. The van der Waals surface area contributed by atoms with Crippen molar-refractivity contribution in [3.05, 3.63) is 17.6 Å². The van der Waals surface area contributed by atoms with Crippen molar-refractivity contribution in [3.63, 3.8) is 0 Å². The van der Waals surface area contributed by atoms with Gasteiger partial charge in [0.05, 0.1) is 5.75 Å². The average Bonchev–Trinajstić information content (AvgIpc) is 2.37. The smallest absolute Gasteiger partial charge is 0.140 e. The molecule has 1 saturated carbocycles. The van der Waals surface area contributed by atoms with E-state index >= 15 is 0 Å². The van der Waals surface area contributed by atoms with Gasteiger partial charge in [0, 0.05) is 24.1 Å². The summed E-state index contributed by atoms with van der Waals surface area (Å²) in [7, 11) is 1.90. The van der Waals surface area contributed by atoms with Crippen LogP contribution in [-0.4, -0.2) is 22.3 Å². The Hall–Kier alpha value is -0.770. The fraction of sp³-hybridized carbons (Fsp3) is 0.692. The van der Waals surface area contributed by atoms with Gasteiger partial charge in [0.25, 0.3) is 0 Å². The van der Waals surface area contributed by atoms with Crippen molar-refractivity contribution in [2.75, 3.05) is 12.4 Å². The molecule has 2 rings (SSSR count). The number of anilines is 1. The van der Waals surface area contributed by atoms with Crippen LogP contribution in [-0.2, 0) is 5.75 Å². The topological polar surface area (TPSA) is 37.8 Å². The van der Waals surface area contributed by atoms with E-state index in [1.54, 1.807) is 0 Å². The first-order valence-electron chi connectivity index (χ1n) is 6.42. The summed E-state index contributed by atoms with van der Waals surface area (Å²) >= 11 is 2.03. The SMILES string of the molecule is CNc1cc(C)nc(CSC2CCCCC2)n1. The Morgan fingerprint density at radius 2 is 2.06 bits per heavy atom. The van der Waals surface area contributed by atoms with E-state index in [0.717, 1.165) is 28.3 Å². The number of thioether (sulfide) groups is 1. The normalized spacial score (nSPS) is 17.1. The molecule has 0 spiro atoms. The van der Waals surface area contributed by atoms with Crippen LogP contribution < -0.4 is 5.32 Å². The van der Waals surface area contributed by atoms with Crippen molar-refractivity contribution in [1.29, 1.82) is 0 Å². The van der Waals surface area contributed by atoms with Gasteiger partial charge in [0.1, 0.15) is 11.6 Å². The van der Waals surface area contributed by atoms with E-state index in [-0.39, 0.29) is 0 Å². The number of nitrogens with one attached hydrogen (secondary N) is 1. The number of hydrogen-bond acceptors (Lipinski definition) is 4. The molecule has 4 heteroatoms. The molecule has 1 aromatic heterocycles. The van der Waals surface area contributed by atoms with E-state index in [2.05, 4.69) is 15.3 Å². The third-order valence-corrected chi connectivity index (χ3v) is 4.52. The predicted molar refractivity (Wildman–Crippen MR) is 74.5 cm³/mol. The van der Waals surface area contributed by atoms with Gasteiger partial charge < -0.3 is 5.32 Å². The summed E-state index contributed by atoms with van der Waals surface area (Å²) in [6, 6.07) is 1.98. The maximum atomic E-state index is 4.49. The number of nitrogens with zero attached hydrogens (tertiary/aromatic N) is 2. The molecule has 1 aliphatic rings. The second kappa shape index (κ2) is 6.24. The lowest BCUT2D eigenvalue weighted by Crippen LogP contribution is -2.09. The standard InChI is InChI=1S/C13H21N3S/c1-10-8-12(14-2)16-13(15-10)9-17-11-6-4-3-5-7-11/h8,11H,3-7,9H2,1-2H3,(H,14,15,16). The van der Waals surface area contributed by atoms with Gasteiger partial charge in [-0.05, 0) is 19.8 Å². The second-order valence-corrected chi connectivity index (χ2v) is 5.92. The first-order chi connectivity index (χ1) is 8.28. The Kier molecular flexibility index (Phi) is 4.66. The number of hydrogen-bond donors (Lipinski definition) is 1. The summed E-state index contributed by atoms with van der Waals surface area (Å²) in [5, 5.41) is 3.91. The minimum atomic E-state index is 0.825. The molecule has 17 heavy (non-hydrogen) atoms. The molecular formula is C13H21N3S. The zero-order valence-corrected chi connectivity index (χ0v) is 11.5. The molecule has 0 aromatic carbocycles. The second-order valence-electron chi connectivity index (χ2n) is 4.63. The molecule has 0 unspecified atom stereocenters. The first kappa shape index (κ1) is 12.7. The largest absolute Gasteiger partial charge is 0.373 e. The molecule has 94 valence electrons. The highest BCUT2D eigenvalue weighted by Gasteiger charge is 2.14. The number of aryl methyl sites for hydroxylation is 1. The van der Waals surface area contributed by atoms with Gasteiger partial charge in [0.2, 0.25) is 0 Å². The molecule has 0 atom stereocenters. The minimum Gasteiger partial charge on any atom is -0.373 e. The summed E-state index contributed by atoms with van der Waals surface area (Å²) in [5.74, 6) is 2.84. The van der Waals surface area contributed by atoms with Crippen LogP contribution in [0.1, 0.15) is 43.6 Å². The summed E-state index contributed by atoms with van der Waals surface area (Å²) in [5.41, 5.74) is 1.04. The fourth-order valence-electron chi connectivity index (χ4n) is 2.25. The predicted octanol–water partition coefficient (Wildman–Crippen LogP) is 3.39. The van der Waals surface area contributed by atoms with E-state index in [1.165, 1.54) is 32.1 Å². The molecule has 1 aliphatic carbocycles. The summed E-state index contributed by atoms with van der Waals surface area (Å²) in [6.07, 6.45) is 6.95. The number of rotatable bonds is 4. The van der Waals surface area contributed by atoms with Crippen molar-refractivity contribution in [2.24, 2.45) is 0 Å². The quantitative estimate of drug-likeness (QED) is 0.890. The third kappa shape index (κ3) is 3.87. The Morgan fingerprint density at radius 3 is 2.76 bits per heavy atom. The first-order valence-corrected chi connectivity index (χ1v) is 7.46. The maximum Gasteiger partial charge on any atom is 0.140 e. The lowest BCUT2D eigenvalue weighted by molar-refractivity contribution is 0.516. The molecule has 1 fully saturated rings. The third-order valence-electron chi connectivity index (χ3n) is 3.16. The monoisotopic (exact) mass is 251 g/mol. The molecule has 0 bridgehead atoms. The Labute approximate surface area is 108 Å². The molecule has 1 heterocycles. The van der Waals surface area contributed by atoms with Crippen LogP contribution in [0.2, 0.25) is 0 Å². The van der Waals surface area contributed by atoms with Crippen LogP contribution in [0.5, 0.6) is 0 Å². The van der Waals surface area contributed by atoms with Crippen molar-refractivity contribution in [1.82, 2.24) is 9.97 Å². The Balaban J connectivity index is 1.91. The van der Waals surface area contributed by atoms with E-state index in [4.69, 9.17) is 0 Å². The van der Waals surface area contributed by atoms with E-state index in [1.807, 2.05) is 31.8 Å². The lowest BCUT2D eigenvalue weighted by Gasteiger charge is -2.20. The minimum absolute atomic E-state index is 0.825. The van der Waals surface area contributed by atoms with E-state index < -0.39 is 0 Å². The van der Waals surface area contributed by atoms with Crippen molar-refractivity contribution in [2.45, 2.75) is 50.0 Å². The molecule has 0 aliphatic heterocycles. The number of aromatic nitrogens is 2. The van der Waals surface area contributed by atoms with Crippen LogP contribution in [0.4, 0.5) is 5.82 Å². The zero-order chi connectivity index (χ0) is 12.1. The highest BCUT2D eigenvalue weighted by molar-refractivity contribution is 7.99. The van der Waals surface area contributed by atoms with Gasteiger partial charge in [-0.15, -0.1) is 0 Å². The van der Waals surface area contributed by atoms with Gasteiger partial charge in [-0.2, -0.15) is 11.8 Å². The Bertz CT molecular complexity index is 362. The summed E-state index contributed by atoms with van der Waals surface area (Å²) in [6.45, 7) is 2.03. The van der Waals surface area contributed by atoms with E-state index in [9.17, 15) is 0 Å². The highest BCUT2D eigenvalue weighted by atomic mass is 32.2. The molecule has 1 N–H and O–H groups in total. The molecule has 1 aromatic rings. The zero-order valence-electron chi connectivity index (χ0n) is 10.7. The summed E-state index contributed by atoms with van der Waals surface area (Å²) in [4.78, 5) is 8.99. The molecular weight excluding hydrogens is 230 g/mol. The molecule has 3 nitrogen and oxygen atoms in total. The van der Waals surface area contributed by atoms with Gasteiger partial charge in [-0.25, -0.2) is 9.97 Å². The maximum absolute atomic E-state index is 4.49. The van der Waals surface area contributed by atoms with E-state index in [0.29, 0.717) is 0 Å². The van der Waals surface area contributed by atoms with Gasteiger partial charge in [-0.3, -0.25) is 0 Å². The van der Waals surface area contributed by atoms with Crippen LogP contribution in [0.15, 0.2) is 6.07 Å². The molecule has 0 amide bonds. The van der Waals surface area contributed by atoms with Gasteiger partial charge >= 0.3 is 0 Å². The van der Waals surface area contributed by atoms with Gasteiger partial charge in [0.15, 0.2) is 0 Å². The highest BCUT2D eigenvalue weighted by Crippen LogP contribution is 2.29. The van der Waals surface area contributed by atoms with Crippen molar-refractivity contribution >= 4 is 17.6 Å².